The lowest BCUT2D eigenvalue weighted by molar-refractivity contribution is -0.127. The quantitative estimate of drug-likeness (QED) is 0.296. The molecule has 5 rings (SSSR count). The summed E-state index contributed by atoms with van der Waals surface area (Å²) in [6.07, 6.45) is 0. The summed E-state index contributed by atoms with van der Waals surface area (Å²) < 4.78 is 12.7. The second kappa shape index (κ2) is 9.52. The molecule has 0 atom stereocenters. The Kier molecular flexibility index (Phi) is 6.30. The van der Waals surface area contributed by atoms with Gasteiger partial charge < -0.3 is 14.4 Å². The first-order valence-corrected chi connectivity index (χ1v) is 12.7. The number of benzene rings is 2. The molecule has 0 N–H and O–H groups in total. The average molecular weight is 494 g/mol. The van der Waals surface area contributed by atoms with Crippen LogP contribution in [0.15, 0.2) is 63.9 Å². The Morgan fingerprint density at radius 2 is 1.91 bits per heavy atom. The number of amides is 1. The zero-order valence-corrected chi connectivity index (χ0v) is 20.4. The SMILES string of the molecule is CN(Cc1ccc2c(c1)OCCO2)C(=O)CSc1nc2scc(-c3ccccc3)c2c(=O)n1C. The topological polar surface area (TPSA) is 73.7 Å². The molecule has 1 amide bonds. The highest BCUT2D eigenvalue weighted by atomic mass is 32.2. The minimum absolute atomic E-state index is 0.0506. The van der Waals surface area contributed by atoms with Crippen molar-refractivity contribution in [3.63, 3.8) is 0 Å². The molecule has 1 aliphatic heterocycles. The summed E-state index contributed by atoms with van der Waals surface area (Å²) >= 11 is 2.72. The lowest BCUT2D eigenvalue weighted by Crippen LogP contribution is -2.28. The number of nitrogens with zero attached hydrogens (tertiary/aromatic N) is 3. The third-order valence-corrected chi connectivity index (χ3v) is 7.52. The van der Waals surface area contributed by atoms with Crippen molar-refractivity contribution in [1.29, 1.82) is 0 Å². The first-order chi connectivity index (χ1) is 16.5. The van der Waals surface area contributed by atoms with Gasteiger partial charge in [-0.3, -0.25) is 14.2 Å². The van der Waals surface area contributed by atoms with Crippen LogP contribution in [0.5, 0.6) is 11.5 Å². The van der Waals surface area contributed by atoms with Crippen LogP contribution in [0.3, 0.4) is 0 Å². The Morgan fingerprint density at radius 1 is 1.15 bits per heavy atom. The van der Waals surface area contributed by atoms with Crippen LogP contribution >= 0.6 is 23.1 Å². The van der Waals surface area contributed by atoms with Gasteiger partial charge in [-0.25, -0.2) is 4.98 Å². The van der Waals surface area contributed by atoms with Gasteiger partial charge in [-0.1, -0.05) is 48.2 Å². The molecule has 174 valence electrons. The van der Waals surface area contributed by atoms with Crippen molar-refractivity contribution in [2.75, 3.05) is 26.0 Å². The molecule has 0 bridgehead atoms. The Bertz CT molecular complexity index is 1420. The van der Waals surface area contributed by atoms with Crippen LogP contribution in [0.1, 0.15) is 5.56 Å². The molecule has 0 fully saturated rings. The maximum absolute atomic E-state index is 13.1. The molecule has 1 aliphatic rings. The predicted molar refractivity (Wildman–Crippen MR) is 135 cm³/mol. The molecule has 0 spiro atoms. The van der Waals surface area contributed by atoms with E-state index >= 15 is 0 Å². The number of carbonyl (C=O) groups excluding carboxylic acids is 1. The van der Waals surface area contributed by atoms with E-state index in [0.717, 1.165) is 22.4 Å². The fourth-order valence-electron chi connectivity index (χ4n) is 3.80. The first kappa shape index (κ1) is 22.5. The van der Waals surface area contributed by atoms with Crippen molar-refractivity contribution >= 4 is 39.2 Å². The van der Waals surface area contributed by atoms with Gasteiger partial charge in [0.05, 0.1) is 11.1 Å². The number of ether oxygens (including phenoxy) is 2. The van der Waals surface area contributed by atoms with Gasteiger partial charge >= 0.3 is 0 Å². The van der Waals surface area contributed by atoms with E-state index < -0.39 is 0 Å². The largest absolute Gasteiger partial charge is 0.486 e. The highest BCUT2D eigenvalue weighted by Crippen LogP contribution is 2.33. The zero-order chi connectivity index (χ0) is 23.7. The molecule has 9 heteroatoms. The van der Waals surface area contributed by atoms with E-state index in [1.165, 1.54) is 27.7 Å². The number of carbonyl (C=O) groups is 1. The normalized spacial score (nSPS) is 12.6. The van der Waals surface area contributed by atoms with Crippen LogP contribution in [0.2, 0.25) is 0 Å². The number of hydrogen-bond acceptors (Lipinski definition) is 7. The highest BCUT2D eigenvalue weighted by Gasteiger charge is 2.18. The van der Waals surface area contributed by atoms with Gasteiger partial charge in [0.2, 0.25) is 5.91 Å². The molecular weight excluding hydrogens is 470 g/mol. The Labute approximate surface area is 204 Å². The first-order valence-electron chi connectivity index (χ1n) is 10.8. The molecular formula is C25H23N3O4S2. The molecule has 2 aromatic carbocycles. The average Bonchev–Trinajstić information content (AvgIpc) is 3.29. The second-order valence-corrected chi connectivity index (χ2v) is 9.77. The van der Waals surface area contributed by atoms with Gasteiger partial charge in [0, 0.05) is 31.6 Å². The van der Waals surface area contributed by atoms with E-state index in [1.807, 2.05) is 53.9 Å². The Balaban J connectivity index is 1.29. The molecule has 3 heterocycles. The maximum Gasteiger partial charge on any atom is 0.263 e. The van der Waals surface area contributed by atoms with Gasteiger partial charge in [-0.15, -0.1) is 11.3 Å². The van der Waals surface area contributed by atoms with Gasteiger partial charge in [-0.05, 0) is 23.3 Å². The molecule has 0 saturated heterocycles. The van der Waals surface area contributed by atoms with Crippen molar-refractivity contribution in [1.82, 2.24) is 14.5 Å². The lowest BCUT2D eigenvalue weighted by atomic mass is 10.1. The smallest absolute Gasteiger partial charge is 0.263 e. The lowest BCUT2D eigenvalue weighted by Gasteiger charge is -2.21. The van der Waals surface area contributed by atoms with Crippen LogP contribution in [0.25, 0.3) is 21.3 Å². The van der Waals surface area contributed by atoms with Crippen molar-refractivity contribution in [3.8, 4) is 22.6 Å². The van der Waals surface area contributed by atoms with Gasteiger partial charge in [0.15, 0.2) is 16.7 Å². The number of rotatable bonds is 6. The second-order valence-electron chi connectivity index (χ2n) is 7.97. The summed E-state index contributed by atoms with van der Waals surface area (Å²) in [6.45, 7) is 1.52. The monoisotopic (exact) mass is 493 g/mol. The summed E-state index contributed by atoms with van der Waals surface area (Å²) in [5, 5.41) is 3.11. The Morgan fingerprint density at radius 3 is 2.71 bits per heavy atom. The fourth-order valence-corrected chi connectivity index (χ4v) is 5.70. The molecule has 7 nitrogen and oxygen atoms in total. The van der Waals surface area contributed by atoms with Crippen molar-refractivity contribution in [3.05, 3.63) is 69.8 Å². The fraction of sp³-hybridized carbons (Fsp3) is 0.240. The van der Waals surface area contributed by atoms with Gasteiger partial charge in [0.1, 0.15) is 18.0 Å². The number of aromatic nitrogens is 2. The molecule has 0 saturated carbocycles. The van der Waals surface area contributed by atoms with E-state index in [0.29, 0.717) is 40.9 Å². The molecule has 0 unspecified atom stereocenters. The number of thioether (sulfide) groups is 1. The van der Waals surface area contributed by atoms with Gasteiger partial charge in [0.25, 0.3) is 5.56 Å². The standard InChI is InChI=1S/C25H23N3O4S2/c1-27(13-16-8-9-19-20(12-16)32-11-10-31-19)21(29)15-34-25-26-23-22(24(30)28(25)2)18(14-33-23)17-6-4-3-5-7-17/h3-9,12,14H,10-11,13,15H2,1-2H3. The van der Waals surface area contributed by atoms with Crippen LogP contribution in [-0.2, 0) is 18.4 Å². The zero-order valence-electron chi connectivity index (χ0n) is 18.8. The van der Waals surface area contributed by atoms with E-state index in [2.05, 4.69) is 4.98 Å². The Hall–Kier alpha value is -3.30. The third-order valence-electron chi connectivity index (χ3n) is 5.64. The number of hydrogen-bond donors (Lipinski definition) is 0. The summed E-state index contributed by atoms with van der Waals surface area (Å²) in [7, 11) is 3.47. The van der Waals surface area contributed by atoms with Crippen molar-refractivity contribution in [2.24, 2.45) is 7.05 Å². The van der Waals surface area contributed by atoms with Crippen molar-refractivity contribution in [2.45, 2.75) is 11.7 Å². The van der Waals surface area contributed by atoms with E-state index in [9.17, 15) is 9.59 Å². The van der Waals surface area contributed by atoms with E-state index in [4.69, 9.17) is 9.47 Å². The maximum atomic E-state index is 13.1. The third kappa shape index (κ3) is 4.41. The molecule has 2 aromatic heterocycles. The molecule has 0 aliphatic carbocycles. The van der Waals surface area contributed by atoms with Crippen LogP contribution in [-0.4, -0.2) is 46.4 Å². The summed E-state index contributed by atoms with van der Waals surface area (Å²) in [5.74, 6) is 1.57. The van der Waals surface area contributed by atoms with E-state index in [-0.39, 0.29) is 17.2 Å². The van der Waals surface area contributed by atoms with Crippen LogP contribution < -0.4 is 15.0 Å². The minimum Gasteiger partial charge on any atom is -0.486 e. The summed E-state index contributed by atoms with van der Waals surface area (Å²) in [4.78, 5) is 33.0. The minimum atomic E-state index is -0.107. The van der Waals surface area contributed by atoms with Gasteiger partial charge in [-0.2, -0.15) is 0 Å². The molecule has 0 radical (unpaired) electrons. The summed E-state index contributed by atoms with van der Waals surface area (Å²) in [6, 6.07) is 15.5. The molecule has 4 aromatic rings. The van der Waals surface area contributed by atoms with Crippen molar-refractivity contribution < 1.29 is 14.3 Å². The summed E-state index contributed by atoms with van der Waals surface area (Å²) in [5.41, 5.74) is 2.73. The highest BCUT2D eigenvalue weighted by molar-refractivity contribution is 7.99. The number of thiophene rings is 1. The predicted octanol–water partition coefficient (Wildman–Crippen LogP) is 4.18. The van der Waals surface area contributed by atoms with Crippen LogP contribution in [0.4, 0.5) is 0 Å². The van der Waals surface area contributed by atoms with Crippen LogP contribution in [0, 0.1) is 0 Å². The van der Waals surface area contributed by atoms with E-state index in [1.54, 1.807) is 19.0 Å². The number of fused-ring (bicyclic) bond motifs is 2. The molecule has 34 heavy (non-hydrogen) atoms.